The number of amides is 1. The predicted octanol–water partition coefficient (Wildman–Crippen LogP) is 3.88. The van der Waals surface area contributed by atoms with Crippen LogP contribution in [0.4, 0.5) is 5.88 Å². The molecular weight excluding hydrogens is 390 g/mol. The maximum absolute atomic E-state index is 12.7. The quantitative estimate of drug-likeness (QED) is 0.607. The molecule has 30 heavy (non-hydrogen) atoms. The van der Waals surface area contributed by atoms with Crippen LogP contribution in [0.15, 0.2) is 27.2 Å². The number of aromatic nitrogens is 2. The summed E-state index contributed by atoms with van der Waals surface area (Å²) >= 11 is 0. The highest BCUT2D eigenvalue weighted by atomic mass is 16.5. The first kappa shape index (κ1) is 19.8. The lowest BCUT2D eigenvalue weighted by Gasteiger charge is -2.13. The Balaban J connectivity index is 1.57. The molecule has 4 rings (SSSR count). The van der Waals surface area contributed by atoms with Crippen molar-refractivity contribution in [2.45, 2.75) is 32.1 Å². The van der Waals surface area contributed by atoms with E-state index in [1.54, 1.807) is 18.2 Å². The summed E-state index contributed by atoms with van der Waals surface area (Å²) in [5.74, 6) is 2.08. The molecule has 2 aromatic heterocycles. The van der Waals surface area contributed by atoms with Crippen LogP contribution in [0.1, 0.15) is 41.1 Å². The van der Waals surface area contributed by atoms with Gasteiger partial charge in [0.25, 0.3) is 5.91 Å². The van der Waals surface area contributed by atoms with Crippen LogP contribution in [0, 0.1) is 0 Å². The van der Waals surface area contributed by atoms with Crippen molar-refractivity contribution in [2.75, 3.05) is 26.6 Å². The van der Waals surface area contributed by atoms with E-state index in [0.29, 0.717) is 34.2 Å². The van der Waals surface area contributed by atoms with Crippen LogP contribution in [-0.4, -0.2) is 37.5 Å². The number of fused-ring (bicyclic) bond motifs is 1. The summed E-state index contributed by atoms with van der Waals surface area (Å²) in [5, 5.41) is 10.7. The Morgan fingerprint density at radius 2 is 1.67 bits per heavy atom. The van der Waals surface area contributed by atoms with E-state index >= 15 is 0 Å². The minimum atomic E-state index is -0.380. The van der Waals surface area contributed by atoms with Crippen molar-refractivity contribution in [3.8, 4) is 28.5 Å². The molecule has 0 bridgehead atoms. The summed E-state index contributed by atoms with van der Waals surface area (Å²) in [6.45, 7) is 0. The number of nitrogens with zero attached hydrogens (tertiary/aromatic N) is 2. The first-order valence-corrected chi connectivity index (χ1v) is 9.70. The van der Waals surface area contributed by atoms with Gasteiger partial charge in [-0.25, -0.2) is 0 Å². The Morgan fingerprint density at radius 3 is 2.37 bits per heavy atom. The van der Waals surface area contributed by atoms with E-state index in [2.05, 4.69) is 15.6 Å². The minimum Gasteiger partial charge on any atom is -0.493 e. The van der Waals surface area contributed by atoms with Crippen molar-refractivity contribution in [1.29, 1.82) is 0 Å². The lowest BCUT2D eigenvalue weighted by molar-refractivity contribution is 0.101. The lowest BCUT2D eigenvalue weighted by Crippen LogP contribution is -2.14. The summed E-state index contributed by atoms with van der Waals surface area (Å²) in [6.07, 6.45) is 4.77. The van der Waals surface area contributed by atoms with E-state index in [1.165, 1.54) is 21.3 Å². The number of carbonyl (C=O) groups is 1. The van der Waals surface area contributed by atoms with Crippen LogP contribution >= 0.6 is 0 Å². The number of carbonyl (C=O) groups excluding carboxylic acids is 1. The van der Waals surface area contributed by atoms with Gasteiger partial charge in [-0.15, -0.1) is 0 Å². The number of benzene rings is 1. The fraction of sp³-hybridized carbons (Fsp3) is 0.381. The monoisotopic (exact) mass is 413 g/mol. The Kier molecular flexibility index (Phi) is 5.60. The van der Waals surface area contributed by atoms with Gasteiger partial charge >= 0.3 is 0 Å². The number of nitrogens with one attached hydrogen (secondary N) is 1. The number of hydrogen-bond donors (Lipinski definition) is 1. The van der Waals surface area contributed by atoms with Crippen LogP contribution in [0.2, 0.25) is 0 Å². The Labute approximate surface area is 173 Å². The Bertz CT molecular complexity index is 1030. The molecule has 158 valence electrons. The zero-order chi connectivity index (χ0) is 21.1. The van der Waals surface area contributed by atoms with Crippen LogP contribution in [0.3, 0.4) is 0 Å². The fourth-order valence-corrected chi connectivity index (χ4v) is 3.61. The molecule has 9 heteroatoms. The van der Waals surface area contributed by atoms with E-state index in [9.17, 15) is 4.79 Å². The minimum absolute atomic E-state index is 0.203. The third kappa shape index (κ3) is 3.70. The molecule has 0 saturated carbocycles. The SMILES string of the molecule is COc1cc(-c2cc(NC(=O)c3noc4c3CCCCC4)on2)cc(OC)c1OC. The topological polar surface area (TPSA) is 109 Å². The number of methoxy groups -OCH3 is 3. The van der Waals surface area contributed by atoms with Gasteiger partial charge in [0.05, 0.1) is 21.3 Å². The molecule has 9 nitrogen and oxygen atoms in total. The Morgan fingerprint density at radius 1 is 0.933 bits per heavy atom. The second kappa shape index (κ2) is 8.48. The third-order valence-corrected chi connectivity index (χ3v) is 5.12. The summed E-state index contributed by atoms with van der Waals surface area (Å²) in [4.78, 5) is 12.7. The molecule has 0 saturated heterocycles. The molecular formula is C21H23N3O6. The Hall–Kier alpha value is -3.49. The van der Waals surface area contributed by atoms with Crippen molar-refractivity contribution < 1.29 is 28.1 Å². The van der Waals surface area contributed by atoms with E-state index in [4.69, 9.17) is 23.3 Å². The average Bonchev–Trinajstić information content (AvgIpc) is 3.33. The maximum atomic E-state index is 12.7. The highest BCUT2D eigenvalue weighted by Crippen LogP contribution is 2.41. The first-order valence-electron chi connectivity index (χ1n) is 9.70. The summed E-state index contributed by atoms with van der Waals surface area (Å²) in [5.41, 5.74) is 2.37. The zero-order valence-corrected chi connectivity index (χ0v) is 17.1. The van der Waals surface area contributed by atoms with Gasteiger partial charge in [-0.2, -0.15) is 0 Å². The molecule has 1 aromatic carbocycles. The molecule has 0 aliphatic heterocycles. The predicted molar refractivity (Wildman–Crippen MR) is 107 cm³/mol. The van der Waals surface area contributed by atoms with Crippen molar-refractivity contribution in [2.24, 2.45) is 0 Å². The van der Waals surface area contributed by atoms with E-state index in [1.807, 2.05) is 0 Å². The zero-order valence-electron chi connectivity index (χ0n) is 17.1. The summed E-state index contributed by atoms with van der Waals surface area (Å²) in [7, 11) is 4.61. The lowest BCUT2D eigenvalue weighted by atomic mass is 10.1. The number of anilines is 1. The smallest absolute Gasteiger partial charge is 0.280 e. The van der Waals surface area contributed by atoms with Crippen molar-refractivity contribution >= 4 is 11.8 Å². The van der Waals surface area contributed by atoms with Gasteiger partial charge < -0.3 is 23.3 Å². The molecule has 0 fully saturated rings. The van der Waals surface area contributed by atoms with Gasteiger partial charge in [-0.05, 0) is 31.4 Å². The molecule has 3 aromatic rings. The standard InChI is InChI=1S/C21H23N3O6/c1-26-16-9-12(10-17(27-2)20(16)28-3)14-11-18(30-23-14)22-21(25)19-13-7-5-4-6-8-15(13)29-24-19/h9-11H,4-8H2,1-3H3,(H,22,25). The van der Waals surface area contributed by atoms with Gasteiger partial charge in [0.1, 0.15) is 11.5 Å². The molecule has 0 atom stereocenters. The molecule has 1 aliphatic carbocycles. The normalized spacial score (nSPS) is 13.3. The van der Waals surface area contributed by atoms with Gasteiger partial charge in [0, 0.05) is 23.6 Å². The summed E-state index contributed by atoms with van der Waals surface area (Å²) in [6, 6.07) is 5.13. The van der Waals surface area contributed by atoms with Gasteiger partial charge in [-0.3, -0.25) is 10.1 Å². The molecule has 1 amide bonds. The molecule has 2 heterocycles. The highest BCUT2D eigenvalue weighted by Gasteiger charge is 2.24. The highest BCUT2D eigenvalue weighted by molar-refractivity contribution is 6.03. The average molecular weight is 413 g/mol. The second-order valence-electron chi connectivity index (χ2n) is 6.94. The van der Waals surface area contributed by atoms with Crippen molar-refractivity contribution in [1.82, 2.24) is 10.3 Å². The molecule has 1 N–H and O–H groups in total. The van der Waals surface area contributed by atoms with Crippen molar-refractivity contribution in [3.63, 3.8) is 0 Å². The van der Waals surface area contributed by atoms with Crippen LogP contribution in [0.5, 0.6) is 17.2 Å². The van der Waals surface area contributed by atoms with Gasteiger partial charge in [0.15, 0.2) is 17.2 Å². The number of rotatable bonds is 6. The van der Waals surface area contributed by atoms with Crippen molar-refractivity contribution in [3.05, 3.63) is 35.2 Å². The molecule has 1 aliphatic rings. The van der Waals surface area contributed by atoms with Crippen LogP contribution < -0.4 is 19.5 Å². The summed E-state index contributed by atoms with van der Waals surface area (Å²) < 4.78 is 26.8. The van der Waals surface area contributed by atoms with E-state index < -0.39 is 0 Å². The van der Waals surface area contributed by atoms with Crippen LogP contribution in [0.25, 0.3) is 11.3 Å². The first-order chi connectivity index (χ1) is 14.6. The molecule has 0 radical (unpaired) electrons. The number of ether oxygens (including phenoxy) is 3. The van der Waals surface area contributed by atoms with E-state index in [0.717, 1.165) is 43.4 Å². The van der Waals surface area contributed by atoms with E-state index in [-0.39, 0.29) is 11.8 Å². The van der Waals surface area contributed by atoms with Crippen LogP contribution in [-0.2, 0) is 12.8 Å². The number of aryl methyl sites for hydroxylation is 1. The molecule has 0 spiro atoms. The molecule has 0 unspecified atom stereocenters. The van der Waals surface area contributed by atoms with Gasteiger partial charge in [0.2, 0.25) is 11.6 Å². The largest absolute Gasteiger partial charge is 0.493 e. The second-order valence-corrected chi connectivity index (χ2v) is 6.94. The van der Waals surface area contributed by atoms with Gasteiger partial charge in [-0.1, -0.05) is 16.7 Å². The fourth-order valence-electron chi connectivity index (χ4n) is 3.61. The number of hydrogen-bond acceptors (Lipinski definition) is 8. The third-order valence-electron chi connectivity index (χ3n) is 5.12. The maximum Gasteiger partial charge on any atom is 0.280 e.